The molecule has 1 aromatic heterocycles. The van der Waals surface area contributed by atoms with E-state index < -0.39 is 17.9 Å². The van der Waals surface area contributed by atoms with Gasteiger partial charge >= 0.3 is 5.69 Å². The Morgan fingerprint density at radius 1 is 1.67 bits per heavy atom. The van der Waals surface area contributed by atoms with Gasteiger partial charge in [0.25, 0.3) is 0 Å². The fourth-order valence-corrected chi connectivity index (χ4v) is 1.64. The Labute approximate surface area is 85.6 Å². The van der Waals surface area contributed by atoms with Crippen LogP contribution in [0.3, 0.4) is 0 Å². The Morgan fingerprint density at radius 3 is 3.00 bits per heavy atom. The van der Waals surface area contributed by atoms with E-state index in [0.717, 1.165) is 0 Å². The Morgan fingerprint density at radius 2 is 2.47 bits per heavy atom. The van der Waals surface area contributed by atoms with E-state index in [9.17, 15) is 9.90 Å². The van der Waals surface area contributed by atoms with Crippen molar-refractivity contribution in [2.45, 2.75) is 24.7 Å². The normalized spacial score (nSPS) is 30.7. The number of aliphatic hydroxyl groups is 2. The number of nitrogens with zero attached hydrogens (tertiary/aromatic N) is 1. The van der Waals surface area contributed by atoms with Crippen LogP contribution >= 0.6 is 0 Å². The third kappa shape index (κ3) is 2.06. The minimum absolute atomic E-state index is 0.214. The summed E-state index contributed by atoms with van der Waals surface area (Å²) in [6.07, 6.45) is 1.77. The van der Waals surface area contributed by atoms with Crippen molar-refractivity contribution in [1.82, 2.24) is 9.97 Å². The average molecular weight is 212 g/mol. The summed E-state index contributed by atoms with van der Waals surface area (Å²) in [5, 5.41) is 18.4. The molecule has 1 aromatic rings. The van der Waals surface area contributed by atoms with Gasteiger partial charge in [-0.3, -0.25) is 0 Å². The lowest BCUT2D eigenvalue weighted by molar-refractivity contribution is -0.0227. The predicted octanol–water partition coefficient (Wildman–Crippen LogP) is -1.05. The van der Waals surface area contributed by atoms with E-state index in [1.165, 1.54) is 12.4 Å². The minimum Gasteiger partial charge on any atom is -0.394 e. The molecule has 0 bridgehead atoms. The van der Waals surface area contributed by atoms with Crippen molar-refractivity contribution in [3.8, 4) is 0 Å². The summed E-state index contributed by atoms with van der Waals surface area (Å²) in [4.78, 5) is 16.7. The molecule has 0 spiro atoms. The molecule has 1 aliphatic heterocycles. The van der Waals surface area contributed by atoms with Crippen molar-refractivity contribution in [3.63, 3.8) is 0 Å². The number of aromatic nitrogens is 2. The molecule has 0 aliphatic carbocycles. The minimum atomic E-state index is -0.674. The highest BCUT2D eigenvalue weighted by molar-refractivity contribution is 5.09. The number of aromatic amines is 1. The maximum atomic E-state index is 10.7. The quantitative estimate of drug-likeness (QED) is 0.581. The summed E-state index contributed by atoms with van der Waals surface area (Å²) in [7, 11) is 0. The third-order valence-corrected chi connectivity index (χ3v) is 2.47. The second-order valence-electron chi connectivity index (χ2n) is 3.50. The van der Waals surface area contributed by atoms with Crippen molar-refractivity contribution >= 4 is 0 Å². The summed E-state index contributed by atoms with van der Waals surface area (Å²) >= 11 is 0. The maximum absolute atomic E-state index is 10.7. The van der Waals surface area contributed by atoms with Crippen LogP contribution in [0.15, 0.2) is 17.2 Å². The van der Waals surface area contributed by atoms with Gasteiger partial charge in [0.15, 0.2) is 0 Å². The molecule has 1 fully saturated rings. The highest BCUT2D eigenvalue weighted by atomic mass is 16.5. The van der Waals surface area contributed by atoms with Crippen LogP contribution in [0, 0.1) is 0 Å². The largest absolute Gasteiger partial charge is 0.394 e. The Hall–Kier alpha value is -1.24. The molecule has 0 unspecified atom stereocenters. The van der Waals surface area contributed by atoms with Gasteiger partial charge in [-0.25, -0.2) is 9.78 Å². The molecule has 15 heavy (non-hydrogen) atoms. The van der Waals surface area contributed by atoms with Crippen LogP contribution in [-0.2, 0) is 4.74 Å². The lowest BCUT2D eigenvalue weighted by Gasteiger charge is -2.11. The first-order chi connectivity index (χ1) is 7.20. The monoisotopic (exact) mass is 212 g/mol. The molecule has 6 heteroatoms. The van der Waals surface area contributed by atoms with Crippen LogP contribution in [0.5, 0.6) is 0 Å². The molecule has 3 atom stereocenters. The molecule has 82 valence electrons. The van der Waals surface area contributed by atoms with E-state index in [1.54, 1.807) is 0 Å². The van der Waals surface area contributed by atoms with Crippen LogP contribution in [0.1, 0.15) is 18.1 Å². The topological polar surface area (TPSA) is 95.4 Å². The Bertz CT molecular complexity index is 371. The first kappa shape index (κ1) is 10.3. The molecule has 0 aromatic carbocycles. The first-order valence-corrected chi connectivity index (χ1v) is 4.69. The van der Waals surface area contributed by atoms with Crippen LogP contribution in [0.25, 0.3) is 0 Å². The molecule has 0 amide bonds. The zero-order valence-electron chi connectivity index (χ0n) is 7.96. The van der Waals surface area contributed by atoms with Gasteiger partial charge < -0.3 is 19.9 Å². The number of nitrogens with one attached hydrogen (secondary N) is 1. The molecule has 0 saturated carbocycles. The first-order valence-electron chi connectivity index (χ1n) is 4.69. The van der Waals surface area contributed by atoms with E-state index in [2.05, 4.69) is 9.97 Å². The summed E-state index contributed by atoms with van der Waals surface area (Å²) in [6, 6.07) is 0. The summed E-state index contributed by atoms with van der Waals surface area (Å²) in [5.74, 6) is 0. The van der Waals surface area contributed by atoms with Gasteiger partial charge in [0.2, 0.25) is 0 Å². The van der Waals surface area contributed by atoms with Crippen molar-refractivity contribution in [2.75, 3.05) is 6.61 Å². The van der Waals surface area contributed by atoms with E-state index in [0.29, 0.717) is 12.0 Å². The summed E-state index contributed by atoms with van der Waals surface area (Å²) < 4.78 is 5.39. The second kappa shape index (κ2) is 4.09. The maximum Gasteiger partial charge on any atom is 0.344 e. The number of hydrogen-bond acceptors (Lipinski definition) is 5. The zero-order valence-corrected chi connectivity index (χ0v) is 7.96. The van der Waals surface area contributed by atoms with Gasteiger partial charge in [-0.05, 0) is 0 Å². The van der Waals surface area contributed by atoms with E-state index in [1.807, 2.05) is 0 Å². The number of ether oxygens (including phenoxy) is 1. The van der Waals surface area contributed by atoms with Crippen molar-refractivity contribution in [3.05, 3.63) is 28.4 Å². The molecule has 0 radical (unpaired) electrons. The molecular weight excluding hydrogens is 200 g/mol. The SMILES string of the molecule is O=c1ncc([C@H]2C[C@H](O)[C@@H](CO)O2)c[nH]1. The fourth-order valence-electron chi connectivity index (χ4n) is 1.64. The van der Waals surface area contributed by atoms with Crippen LogP contribution in [-0.4, -0.2) is 39.0 Å². The lowest BCUT2D eigenvalue weighted by atomic mass is 10.1. The van der Waals surface area contributed by atoms with E-state index >= 15 is 0 Å². The van der Waals surface area contributed by atoms with Gasteiger partial charge in [0, 0.05) is 24.4 Å². The van der Waals surface area contributed by atoms with Crippen LogP contribution in [0.2, 0.25) is 0 Å². The Kier molecular flexibility index (Phi) is 2.81. The van der Waals surface area contributed by atoms with E-state index in [4.69, 9.17) is 9.84 Å². The molecule has 2 heterocycles. The van der Waals surface area contributed by atoms with Crippen LogP contribution in [0.4, 0.5) is 0 Å². The van der Waals surface area contributed by atoms with E-state index in [-0.39, 0.29) is 12.7 Å². The van der Waals surface area contributed by atoms with Crippen LogP contribution < -0.4 is 5.69 Å². The fraction of sp³-hybridized carbons (Fsp3) is 0.556. The van der Waals surface area contributed by atoms with Gasteiger partial charge in [0.1, 0.15) is 6.10 Å². The Balaban J connectivity index is 2.13. The van der Waals surface area contributed by atoms with Crippen molar-refractivity contribution < 1.29 is 14.9 Å². The smallest absolute Gasteiger partial charge is 0.344 e. The molecular formula is C9H12N2O4. The number of H-pyrrole nitrogens is 1. The second-order valence-corrected chi connectivity index (χ2v) is 3.50. The lowest BCUT2D eigenvalue weighted by Crippen LogP contribution is -2.24. The van der Waals surface area contributed by atoms with Gasteiger partial charge in [-0.15, -0.1) is 0 Å². The van der Waals surface area contributed by atoms with Gasteiger partial charge in [-0.2, -0.15) is 0 Å². The third-order valence-electron chi connectivity index (χ3n) is 2.47. The molecule has 3 N–H and O–H groups in total. The predicted molar refractivity (Wildman–Crippen MR) is 50.2 cm³/mol. The number of rotatable bonds is 2. The molecule has 6 nitrogen and oxygen atoms in total. The number of aliphatic hydroxyl groups excluding tert-OH is 2. The highest BCUT2D eigenvalue weighted by Crippen LogP contribution is 2.31. The highest BCUT2D eigenvalue weighted by Gasteiger charge is 2.34. The number of hydrogen-bond donors (Lipinski definition) is 3. The zero-order chi connectivity index (χ0) is 10.8. The average Bonchev–Trinajstić information content (AvgIpc) is 2.61. The summed E-state index contributed by atoms with van der Waals surface area (Å²) in [6.45, 7) is -0.214. The summed E-state index contributed by atoms with van der Waals surface area (Å²) in [5.41, 5.74) is 0.278. The standard InChI is InChI=1S/C9H12N2O4/c12-4-8-6(13)1-7(15-8)5-2-10-9(14)11-3-5/h2-3,6-8,12-13H,1,4H2,(H,10,11,14)/t6-,7+,8+/m0/s1. The molecule has 2 rings (SSSR count). The molecule has 1 aliphatic rings. The van der Waals surface area contributed by atoms with Crippen molar-refractivity contribution in [2.24, 2.45) is 0 Å². The van der Waals surface area contributed by atoms with Gasteiger partial charge in [-0.1, -0.05) is 0 Å². The molecule has 1 saturated heterocycles. The van der Waals surface area contributed by atoms with Gasteiger partial charge in [0.05, 0.1) is 18.8 Å². The van der Waals surface area contributed by atoms with Crippen molar-refractivity contribution in [1.29, 1.82) is 0 Å².